The van der Waals surface area contributed by atoms with Gasteiger partial charge < -0.3 is 9.97 Å². The molecule has 0 unspecified atom stereocenters. The number of nitrogens with zero attached hydrogens (tertiary/aromatic N) is 6. The highest BCUT2D eigenvalue weighted by molar-refractivity contribution is 5.88. The highest BCUT2D eigenvalue weighted by atomic mass is 16.6. The Morgan fingerprint density at radius 3 is 1.70 bits per heavy atom. The van der Waals surface area contributed by atoms with E-state index in [1.54, 1.807) is 36.7 Å². The lowest BCUT2D eigenvalue weighted by Gasteiger charge is -1.98. The number of hydrogen-bond donors (Lipinski definition) is 2. The number of aromatic nitrogens is 4. The van der Waals surface area contributed by atoms with Crippen molar-refractivity contribution in [2.24, 2.45) is 9.98 Å². The number of aromatic amines is 2. The van der Waals surface area contributed by atoms with Crippen LogP contribution in [-0.4, -0.2) is 42.2 Å². The molecule has 5 aromatic carbocycles. The number of benzene rings is 5. The molecule has 2 N–H and O–H groups in total. The topological polar surface area (TPSA) is 168 Å². The van der Waals surface area contributed by atoms with Crippen LogP contribution in [0.25, 0.3) is 44.8 Å². The molecule has 222 valence electrons. The summed E-state index contributed by atoms with van der Waals surface area (Å²) >= 11 is 0. The summed E-state index contributed by atoms with van der Waals surface area (Å²) in [4.78, 5) is 46.1. The number of imidazole rings is 2. The molecule has 0 radical (unpaired) electrons. The van der Waals surface area contributed by atoms with Gasteiger partial charge in [-0.15, -0.1) is 0 Å². The van der Waals surface area contributed by atoms with Crippen LogP contribution in [0.5, 0.6) is 0 Å². The summed E-state index contributed by atoms with van der Waals surface area (Å²) in [5, 5.41) is 21.7. The quantitative estimate of drug-likeness (QED) is 0.101. The molecule has 7 aromatic rings. The Bertz CT molecular complexity index is 2300. The highest BCUT2D eigenvalue weighted by Gasteiger charge is 2.11. The normalized spacial score (nSPS) is 11.7. The zero-order valence-corrected chi connectivity index (χ0v) is 23.9. The van der Waals surface area contributed by atoms with Crippen LogP contribution >= 0.6 is 0 Å². The van der Waals surface area contributed by atoms with Gasteiger partial charge >= 0.3 is 0 Å². The Labute approximate surface area is 260 Å². The van der Waals surface area contributed by atoms with Crippen LogP contribution in [0.4, 0.5) is 22.7 Å². The Kier molecular flexibility index (Phi) is 7.11. The molecule has 0 amide bonds. The van der Waals surface area contributed by atoms with E-state index < -0.39 is 9.85 Å². The average molecular weight is 607 g/mol. The average Bonchev–Trinajstić information content (AvgIpc) is 3.71. The molecule has 0 fully saturated rings. The van der Waals surface area contributed by atoms with Crippen molar-refractivity contribution in [1.29, 1.82) is 0 Å². The van der Waals surface area contributed by atoms with Gasteiger partial charge in [-0.25, -0.2) is 9.97 Å². The minimum absolute atomic E-state index is 0.0338. The zero-order valence-electron chi connectivity index (χ0n) is 23.9. The van der Waals surface area contributed by atoms with Crippen molar-refractivity contribution in [2.45, 2.75) is 0 Å². The van der Waals surface area contributed by atoms with Gasteiger partial charge in [-0.1, -0.05) is 0 Å². The molecular weight excluding hydrogens is 584 g/mol. The number of hydrogen-bond acceptors (Lipinski definition) is 8. The third kappa shape index (κ3) is 5.85. The van der Waals surface area contributed by atoms with Crippen molar-refractivity contribution in [3.05, 3.63) is 141 Å². The third-order valence-corrected chi connectivity index (χ3v) is 7.30. The molecule has 12 nitrogen and oxygen atoms in total. The molecule has 0 aliphatic heterocycles. The number of rotatable bonds is 8. The van der Waals surface area contributed by atoms with Crippen molar-refractivity contribution < 1.29 is 9.85 Å². The zero-order chi connectivity index (χ0) is 31.6. The highest BCUT2D eigenvalue weighted by Crippen LogP contribution is 2.28. The summed E-state index contributed by atoms with van der Waals surface area (Å²) in [6.45, 7) is 0. The van der Waals surface area contributed by atoms with Crippen molar-refractivity contribution in [3.63, 3.8) is 0 Å². The van der Waals surface area contributed by atoms with E-state index in [9.17, 15) is 20.2 Å². The second-order valence-corrected chi connectivity index (χ2v) is 10.4. The van der Waals surface area contributed by atoms with E-state index in [0.717, 1.165) is 55.8 Å². The lowest BCUT2D eigenvalue weighted by atomic mass is 10.2. The number of nitro groups is 2. The number of fused-ring (bicyclic) bond motifs is 2. The predicted molar refractivity (Wildman–Crippen MR) is 177 cm³/mol. The minimum Gasteiger partial charge on any atom is -0.338 e. The molecule has 0 spiro atoms. The van der Waals surface area contributed by atoms with Gasteiger partial charge in [-0.3, -0.25) is 30.2 Å². The number of non-ortho nitro benzene ring substituents is 2. The molecule has 12 heteroatoms. The summed E-state index contributed by atoms with van der Waals surface area (Å²) in [5.74, 6) is 1.43. The van der Waals surface area contributed by atoms with E-state index in [4.69, 9.17) is 9.97 Å². The maximum Gasteiger partial charge on any atom is 0.269 e. The first-order valence-corrected chi connectivity index (χ1v) is 14.1. The standard InChI is InChI=1S/C34H22N8O4/c43-41(44)27-11-1-21(2-12-27)19-35-25-8-5-23(6-9-25)33-37-29-15-7-24(17-31(29)39-33)34-38-30-16-10-26(18-32(30)40-34)36-20-22-3-13-28(14-4-22)42(45)46/h1-20H,(H,37,39)(H,38,40). The molecule has 0 aliphatic carbocycles. The van der Waals surface area contributed by atoms with Crippen LogP contribution in [0.1, 0.15) is 11.1 Å². The molecule has 0 aliphatic rings. The second kappa shape index (κ2) is 11.7. The molecule has 46 heavy (non-hydrogen) atoms. The minimum atomic E-state index is -0.433. The van der Waals surface area contributed by atoms with Crippen LogP contribution in [-0.2, 0) is 0 Å². The fourth-order valence-corrected chi connectivity index (χ4v) is 4.87. The van der Waals surface area contributed by atoms with Gasteiger partial charge in [0.15, 0.2) is 0 Å². The van der Waals surface area contributed by atoms with Gasteiger partial charge in [0.2, 0.25) is 0 Å². The van der Waals surface area contributed by atoms with Gasteiger partial charge in [-0.05, 0) is 96.1 Å². The van der Waals surface area contributed by atoms with Gasteiger partial charge in [-0.2, -0.15) is 0 Å². The first-order chi connectivity index (χ1) is 22.4. The van der Waals surface area contributed by atoms with Crippen LogP contribution in [0.3, 0.4) is 0 Å². The summed E-state index contributed by atoms with van der Waals surface area (Å²) < 4.78 is 0. The Hall–Kier alpha value is -6.82. The van der Waals surface area contributed by atoms with Crippen molar-refractivity contribution in [3.8, 4) is 22.8 Å². The predicted octanol–water partition coefficient (Wildman–Crippen LogP) is 8.09. The molecule has 2 aromatic heterocycles. The summed E-state index contributed by atoms with van der Waals surface area (Å²) in [6.07, 6.45) is 3.32. The van der Waals surface area contributed by atoms with Crippen LogP contribution in [0.15, 0.2) is 119 Å². The van der Waals surface area contributed by atoms with Crippen molar-refractivity contribution >= 4 is 57.2 Å². The van der Waals surface area contributed by atoms with Crippen LogP contribution in [0, 0.1) is 20.2 Å². The summed E-state index contributed by atoms with van der Waals surface area (Å²) in [5.41, 5.74) is 8.14. The van der Waals surface area contributed by atoms with Crippen LogP contribution in [0.2, 0.25) is 0 Å². The summed E-state index contributed by atoms with van der Waals surface area (Å²) in [7, 11) is 0. The lowest BCUT2D eigenvalue weighted by Crippen LogP contribution is -1.88. The van der Waals surface area contributed by atoms with E-state index >= 15 is 0 Å². The lowest BCUT2D eigenvalue weighted by molar-refractivity contribution is -0.385. The number of nitrogens with one attached hydrogen (secondary N) is 2. The fraction of sp³-hybridized carbons (Fsp3) is 0. The fourth-order valence-electron chi connectivity index (χ4n) is 4.87. The first kappa shape index (κ1) is 28.0. The number of aliphatic imine (C=N–C) groups is 2. The maximum absolute atomic E-state index is 10.9. The van der Waals surface area contributed by atoms with E-state index in [0.29, 0.717) is 11.5 Å². The van der Waals surface area contributed by atoms with E-state index in [1.807, 2.05) is 60.7 Å². The Balaban J connectivity index is 1.07. The van der Waals surface area contributed by atoms with Gasteiger partial charge in [0.05, 0.1) is 43.3 Å². The Morgan fingerprint density at radius 1 is 0.543 bits per heavy atom. The van der Waals surface area contributed by atoms with Crippen molar-refractivity contribution in [2.75, 3.05) is 0 Å². The monoisotopic (exact) mass is 606 g/mol. The van der Waals surface area contributed by atoms with Gasteiger partial charge in [0.25, 0.3) is 11.4 Å². The molecule has 2 heterocycles. The number of nitro benzene ring substituents is 2. The molecular formula is C34H22N8O4. The Morgan fingerprint density at radius 2 is 1.07 bits per heavy atom. The molecule has 0 atom stereocenters. The largest absolute Gasteiger partial charge is 0.338 e. The first-order valence-electron chi connectivity index (χ1n) is 14.1. The van der Waals surface area contributed by atoms with Gasteiger partial charge in [0.1, 0.15) is 11.6 Å². The molecule has 0 saturated heterocycles. The SMILES string of the molecule is O=[N+]([O-])c1ccc(C=Nc2ccc(-c3nc4ccc(-c5nc6cc(N=Cc7ccc([N+](=O)[O-])cc7)ccc6[nH]5)cc4[nH]3)cc2)cc1. The van der Waals surface area contributed by atoms with E-state index in [1.165, 1.54) is 24.3 Å². The third-order valence-electron chi connectivity index (χ3n) is 7.30. The summed E-state index contributed by atoms with van der Waals surface area (Å²) in [6, 6.07) is 31.6. The van der Waals surface area contributed by atoms with Gasteiger partial charge in [0, 0.05) is 47.8 Å². The smallest absolute Gasteiger partial charge is 0.269 e. The second-order valence-electron chi connectivity index (χ2n) is 10.4. The maximum atomic E-state index is 10.9. The number of H-pyrrole nitrogens is 2. The van der Waals surface area contributed by atoms with Crippen LogP contribution < -0.4 is 0 Å². The molecule has 0 bridgehead atoms. The molecule has 0 saturated carbocycles. The van der Waals surface area contributed by atoms with E-state index in [2.05, 4.69) is 20.0 Å². The molecule has 7 rings (SSSR count). The van der Waals surface area contributed by atoms with Crippen molar-refractivity contribution in [1.82, 2.24) is 19.9 Å². The van der Waals surface area contributed by atoms with E-state index in [-0.39, 0.29) is 11.4 Å².